The van der Waals surface area contributed by atoms with Crippen molar-refractivity contribution in [2.24, 2.45) is 0 Å². The summed E-state index contributed by atoms with van der Waals surface area (Å²) in [5.41, 5.74) is 0.909. The molecule has 0 aliphatic carbocycles. The van der Waals surface area contributed by atoms with Gasteiger partial charge in [0.15, 0.2) is 6.10 Å². The third kappa shape index (κ3) is 5.83. The molecular formula is C21H27N5O8S. The average molecular weight is 510 g/mol. The molecule has 13 nitrogen and oxygen atoms in total. The first-order valence-corrected chi connectivity index (χ1v) is 12.2. The number of nitrogens with one attached hydrogen (secondary N) is 1. The fourth-order valence-corrected chi connectivity index (χ4v) is 5.30. The molecule has 1 amide bonds. The van der Waals surface area contributed by atoms with Crippen LogP contribution in [0.5, 0.6) is 0 Å². The Labute approximate surface area is 202 Å². The summed E-state index contributed by atoms with van der Waals surface area (Å²) < 4.78 is 38.9. The maximum absolute atomic E-state index is 13.0. The van der Waals surface area contributed by atoms with E-state index < -0.39 is 39.5 Å². The number of nitrogens with zero attached hydrogens (tertiary/aromatic N) is 4. The van der Waals surface area contributed by atoms with E-state index in [1.165, 1.54) is 31.1 Å². The molecule has 0 bridgehead atoms. The van der Waals surface area contributed by atoms with Crippen molar-refractivity contribution in [2.75, 3.05) is 31.6 Å². The van der Waals surface area contributed by atoms with Gasteiger partial charge >= 0.3 is 11.7 Å². The second-order valence-corrected chi connectivity index (χ2v) is 9.96. The van der Waals surface area contributed by atoms with Crippen molar-refractivity contribution in [3.8, 4) is 0 Å². The van der Waals surface area contributed by atoms with Gasteiger partial charge in [-0.05, 0) is 45.4 Å². The molecule has 2 heterocycles. The van der Waals surface area contributed by atoms with Crippen molar-refractivity contribution >= 4 is 33.3 Å². The summed E-state index contributed by atoms with van der Waals surface area (Å²) in [5, 5.41) is 17.6. The number of carbonyl (C=O) groups is 2. The number of benzene rings is 1. The predicted molar refractivity (Wildman–Crippen MR) is 123 cm³/mol. The molecular weight excluding hydrogens is 482 g/mol. The number of sulfonamides is 1. The number of amides is 1. The van der Waals surface area contributed by atoms with Crippen LogP contribution in [-0.4, -0.2) is 71.7 Å². The van der Waals surface area contributed by atoms with Gasteiger partial charge in [-0.2, -0.15) is 9.40 Å². The van der Waals surface area contributed by atoms with E-state index in [2.05, 4.69) is 10.4 Å². The molecule has 1 saturated heterocycles. The number of ether oxygens (including phenoxy) is 2. The monoisotopic (exact) mass is 509 g/mol. The van der Waals surface area contributed by atoms with E-state index in [9.17, 15) is 28.1 Å². The molecule has 1 atom stereocenters. The zero-order chi connectivity index (χ0) is 25.9. The largest absolute Gasteiger partial charge is 0.451 e. The van der Waals surface area contributed by atoms with Crippen LogP contribution in [0.2, 0.25) is 0 Å². The SMILES string of the molecule is Cc1ccc(NC(=O)[C@H](C)OC(=O)Cn2nc(C)c([N+](=O)[O-])c2C)cc1S(=O)(=O)N1CCOCC1. The standard InChI is InChI=1S/C21H27N5O8S/c1-13-5-6-17(11-18(13)35(31,32)24-7-9-33-10-8-24)22-21(28)16(4)34-19(27)12-25-15(3)20(26(29)30)14(2)23-25/h5-6,11,16H,7-10,12H2,1-4H3,(H,22,28)/t16-/m0/s1. The summed E-state index contributed by atoms with van der Waals surface area (Å²) in [6, 6.07) is 4.49. The Morgan fingerprint density at radius 2 is 1.91 bits per heavy atom. The Hall–Kier alpha value is -3.36. The number of carbonyl (C=O) groups excluding carboxylic acids is 2. The number of hydrogen-bond acceptors (Lipinski definition) is 9. The van der Waals surface area contributed by atoms with Crippen LogP contribution in [-0.2, 0) is 35.6 Å². The van der Waals surface area contributed by atoms with Gasteiger partial charge in [0.25, 0.3) is 5.91 Å². The Bertz CT molecular complexity index is 1250. The highest BCUT2D eigenvalue weighted by molar-refractivity contribution is 7.89. The highest BCUT2D eigenvalue weighted by Crippen LogP contribution is 2.25. The molecule has 2 aromatic rings. The maximum atomic E-state index is 13.0. The van der Waals surface area contributed by atoms with E-state index in [0.29, 0.717) is 18.8 Å². The van der Waals surface area contributed by atoms with E-state index in [0.717, 1.165) is 4.68 Å². The molecule has 0 unspecified atom stereocenters. The number of aromatic nitrogens is 2. The van der Waals surface area contributed by atoms with Gasteiger partial charge in [0.1, 0.15) is 17.9 Å². The van der Waals surface area contributed by atoms with E-state index in [1.807, 2.05) is 0 Å². The Morgan fingerprint density at radius 3 is 2.51 bits per heavy atom. The van der Waals surface area contributed by atoms with E-state index >= 15 is 0 Å². The molecule has 35 heavy (non-hydrogen) atoms. The Kier molecular flexibility index (Phi) is 7.87. The molecule has 1 fully saturated rings. The van der Waals surface area contributed by atoms with Crippen molar-refractivity contribution in [3.05, 3.63) is 45.3 Å². The minimum absolute atomic E-state index is 0.0629. The lowest BCUT2D eigenvalue weighted by atomic mass is 10.2. The zero-order valence-electron chi connectivity index (χ0n) is 19.8. The third-order valence-electron chi connectivity index (χ3n) is 5.53. The van der Waals surface area contributed by atoms with Crippen LogP contribution in [0.4, 0.5) is 11.4 Å². The molecule has 190 valence electrons. The molecule has 3 rings (SSSR count). The molecule has 1 aromatic carbocycles. The van der Waals surface area contributed by atoms with Crippen LogP contribution in [0, 0.1) is 30.9 Å². The lowest BCUT2D eigenvalue weighted by Crippen LogP contribution is -2.40. The van der Waals surface area contributed by atoms with Gasteiger partial charge in [-0.3, -0.25) is 24.4 Å². The molecule has 0 spiro atoms. The van der Waals surface area contributed by atoms with Crippen LogP contribution in [0.3, 0.4) is 0 Å². The van der Waals surface area contributed by atoms with Gasteiger partial charge in [0.2, 0.25) is 10.0 Å². The maximum Gasteiger partial charge on any atom is 0.328 e. The zero-order valence-corrected chi connectivity index (χ0v) is 20.6. The van der Waals surface area contributed by atoms with Crippen molar-refractivity contribution in [2.45, 2.75) is 45.2 Å². The number of aryl methyl sites for hydroxylation is 2. The van der Waals surface area contributed by atoms with Crippen molar-refractivity contribution < 1.29 is 32.4 Å². The lowest BCUT2D eigenvalue weighted by Gasteiger charge is -2.27. The highest BCUT2D eigenvalue weighted by Gasteiger charge is 2.29. The summed E-state index contributed by atoms with van der Waals surface area (Å²) in [6.45, 7) is 6.62. The Morgan fingerprint density at radius 1 is 1.26 bits per heavy atom. The summed E-state index contributed by atoms with van der Waals surface area (Å²) in [5.74, 6) is -1.48. The first-order chi connectivity index (χ1) is 16.4. The quantitative estimate of drug-likeness (QED) is 0.314. The Balaban J connectivity index is 1.66. The molecule has 1 N–H and O–H groups in total. The summed E-state index contributed by atoms with van der Waals surface area (Å²) >= 11 is 0. The topological polar surface area (TPSA) is 163 Å². The van der Waals surface area contributed by atoms with Crippen molar-refractivity contribution in [1.82, 2.24) is 14.1 Å². The van der Waals surface area contributed by atoms with Gasteiger partial charge in [-0.25, -0.2) is 8.42 Å². The minimum Gasteiger partial charge on any atom is -0.451 e. The normalized spacial score (nSPS) is 15.4. The lowest BCUT2D eigenvalue weighted by molar-refractivity contribution is -0.386. The summed E-state index contributed by atoms with van der Waals surface area (Å²) in [7, 11) is -3.78. The summed E-state index contributed by atoms with van der Waals surface area (Å²) in [4.78, 5) is 35.5. The van der Waals surface area contributed by atoms with Crippen LogP contribution in [0.15, 0.2) is 23.1 Å². The number of esters is 1. The molecule has 1 aliphatic heterocycles. The van der Waals surface area contributed by atoms with Crippen molar-refractivity contribution in [1.29, 1.82) is 0 Å². The fourth-order valence-electron chi connectivity index (χ4n) is 3.64. The first kappa shape index (κ1) is 26.2. The molecule has 0 saturated carbocycles. The fraction of sp³-hybridized carbons (Fsp3) is 0.476. The number of anilines is 1. The number of nitro groups is 1. The van der Waals surface area contributed by atoms with Crippen molar-refractivity contribution in [3.63, 3.8) is 0 Å². The number of rotatable bonds is 8. The van der Waals surface area contributed by atoms with Crippen LogP contribution in [0.25, 0.3) is 0 Å². The van der Waals surface area contributed by atoms with Gasteiger partial charge in [0.05, 0.1) is 23.0 Å². The van der Waals surface area contributed by atoms with Gasteiger partial charge in [-0.1, -0.05) is 6.07 Å². The smallest absolute Gasteiger partial charge is 0.328 e. The molecule has 0 radical (unpaired) electrons. The second-order valence-electron chi connectivity index (χ2n) is 8.05. The average Bonchev–Trinajstić information content (AvgIpc) is 3.07. The molecule has 1 aromatic heterocycles. The van der Waals surface area contributed by atoms with E-state index in [-0.39, 0.29) is 40.7 Å². The van der Waals surface area contributed by atoms with E-state index in [1.54, 1.807) is 19.1 Å². The highest BCUT2D eigenvalue weighted by atomic mass is 32.2. The number of morpholine rings is 1. The molecule has 14 heteroatoms. The van der Waals surface area contributed by atoms with E-state index in [4.69, 9.17) is 9.47 Å². The van der Waals surface area contributed by atoms with Gasteiger partial charge < -0.3 is 14.8 Å². The van der Waals surface area contributed by atoms with Gasteiger partial charge in [-0.15, -0.1) is 0 Å². The van der Waals surface area contributed by atoms with Crippen LogP contribution < -0.4 is 5.32 Å². The van der Waals surface area contributed by atoms with Crippen LogP contribution in [0.1, 0.15) is 23.9 Å². The van der Waals surface area contributed by atoms with Crippen LogP contribution >= 0.6 is 0 Å². The third-order valence-corrected chi connectivity index (χ3v) is 7.57. The predicted octanol–water partition coefficient (Wildman–Crippen LogP) is 1.31. The minimum atomic E-state index is -3.78. The number of hydrogen-bond donors (Lipinski definition) is 1. The first-order valence-electron chi connectivity index (χ1n) is 10.8. The molecule has 1 aliphatic rings. The summed E-state index contributed by atoms with van der Waals surface area (Å²) in [6.07, 6.45) is -1.21. The second kappa shape index (κ2) is 10.5. The van der Waals surface area contributed by atoms with Gasteiger partial charge in [0, 0.05) is 18.8 Å².